The Morgan fingerprint density at radius 3 is 2.90 bits per heavy atom. The lowest BCUT2D eigenvalue weighted by atomic mass is 10.1. The summed E-state index contributed by atoms with van der Waals surface area (Å²) in [5.74, 6) is 0.476. The summed E-state index contributed by atoms with van der Waals surface area (Å²) in [5.41, 5.74) is 1.60. The van der Waals surface area contributed by atoms with Gasteiger partial charge in [-0.2, -0.15) is 5.10 Å². The second kappa shape index (κ2) is 6.05. The third-order valence-electron chi connectivity index (χ3n) is 2.82. The average molecular weight is 276 g/mol. The summed E-state index contributed by atoms with van der Waals surface area (Å²) in [7, 11) is 0. The van der Waals surface area contributed by atoms with Crippen molar-refractivity contribution in [3.05, 3.63) is 46.3 Å². The maximum Gasteiger partial charge on any atom is 0.275 e. The minimum absolute atomic E-state index is 0.00200. The third-order valence-corrected chi connectivity index (χ3v) is 2.82. The van der Waals surface area contributed by atoms with E-state index in [-0.39, 0.29) is 11.7 Å². The Hall–Kier alpha value is -2.57. The molecule has 1 unspecified atom stereocenters. The van der Waals surface area contributed by atoms with Gasteiger partial charge in [0.25, 0.3) is 5.69 Å². The number of benzene rings is 1. The number of aromatic amines is 1. The van der Waals surface area contributed by atoms with Gasteiger partial charge in [0.1, 0.15) is 5.75 Å². The Balaban J connectivity index is 2.23. The second-order valence-electron chi connectivity index (χ2n) is 4.30. The maximum absolute atomic E-state index is 10.9. The highest BCUT2D eigenvalue weighted by Gasteiger charge is 2.13. The second-order valence-corrected chi connectivity index (χ2v) is 4.30. The molecule has 0 radical (unpaired) electrons. The van der Waals surface area contributed by atoms with Crippen molar-refractivity contribution in [1.82, 2.24) is 10.2 Å². The first-order valence-electron chi connectivity index (χ1n) is 6.27. The molecule has 2 N–H and O–H groups in total. The van der Waals surface area contributed by atoms with E-state index < -0.39 is 4.92 Å². The summed E-state index contributed by atoms with van der Waals surface area (Å²) in [4.78, 5) is 10.5. The molecule has 7 heteroatoms. The van der Waals surface area contributed by atoms with E-state index in [0.29, 0.717) is 18.0 Å². The first kappa shape index (κ1) is 13.9. The highest BCUT2D eigenvalue weighted by Crippen LogP contribution is 2.28. The molecule has 0 bridgehead atoms. The van der Waals surface area contributed by atoms with Crippen LogP contribution in [0.3, 0.4) is 0 Å². The van der Waals surface area contributed by atoms with Crippen molar-refractivity contribution in [2.24, 2.45) is 0 Å². The van der Waals surface area contributed by atoms with E-state index in [1.807, 2.05) is 13.8 Å². The summed E-state index contributed by atoms with van der Waals surface area (Å²) in [5, 5.41) is 20.7. The first-order chi connectivity index (χ1) is 9.60. The van der Waals surface area contributed by atoms with Crippen molar-refractivity contribution in [3.63, 3.8) is 0 Å². The van der Waals surface area contributed by atoms with Crippen LogP contribution < -0.4 is 10.1 Å². The predicted molar refractivity (Wildman–Crippen MR) is 74.9 cm³/mol. The zero-order chi connectivity index (χ0) is 14.5. The topological polar surface area (TPSA) is 93.1 Å². The van der Waals surface area contributed by atoms with E-state index in [4.69, 9.17) is 4.74 Å². The van der Waals surface area contributed by atoms with Crippen LogP contribution in [0.5, 0.6) is 5.75 Å². The molecule has 0 spiro atoms. The quantitative estimate of drug-likeness (QED) is 0.625. The van der Waals surface area contributed by atoms with E-state index in [2.05, 4.69) is 15.5 Å². The van der Waals surface area contributed by atoms with Crippen molar-refractivity contribution in [2.75, 3.05) is 11.9 Å². The molecule has 1 aromatic carbocycles. The lowest BCUT2D eigenvalue weighted by Crippen LogP contribution is -2.06. The van der Waals surface area contributed by atoms with Gasteiger partial charge >= 0.3 is 0 Å². The third kappa shape index (κ3) is 3.25. The molecule has 106 valence electrons. The van der Waals surface area contributed by atoms with Gasteiger partial charge in [0, 0.05) is 29.6 Å². The van der Waals surface area contributed by atoms with Crippen molar-refractivity contribution in [2.45, 2.75) is 19.9 Å². The summed E-state index contributed by atoms with van der Waals surface area (Å²) in [6, 6.07) is 4.62. The van der Waals surface area contributed by atoms with E-state index >= 15 is 0 Å². The number of ether oxygens (including phenoxy) is 1. The molecule has 1 atom stereocenters. The number of nitrogens with zero attached hydrogens (tertiary/aromatic N) is 2. The van der Waals surface area contributed by atoms with Gasteiger partial charge in [0.2, 0.25) is 0 Å². The smallest absolute Gasteiger partial charge is 0.275 e. The van der Waals surface area contributed by atoms with Gasteiger partial charge in [-0.3, -0.25) is 15.2 Å². The van der Waals surface area contributed by atoms with Crippen LogP contribution in [0.15, 0.2) is 30.6 Å². The molecule has 0 saturated carbocycles. The molecule has 7 nitrogen and oxygen atoms in total. The van der Waals surface area contributed by atoms with Crippen molar-refractivity contribution >= 4 is 11.4 Å². The van der Waals surface area contributed by atoms with Crippen LogP contribution in [-0.4, -0.2) is 21.7 Å². The van der Waals surface area contributed by atoms with Crippen LogP contribution in [0.4, 0.5) is 11.4 Å². The molecule has 0 fully saturated rings. The van der Waals surface area contributed by atoms with E-state index in [0.717, 1.165) is 5.56 Å². The Morgan fingerprint density at radius 2 is 2.30 bits per heavy atom. The summed E-state index contributed by atoms with van der Waals surface area (Å²) < 4.78 is 5.35. The number of non-ortho nitro benzene ring substituents is 1. The Labute approximate surface area is 116 Å². The zero-order valence-electron chi connectivity index (χ0n) is 11.3. The maximum atomic E-state index is 10.9. The van der Waals surface area contributed by atoms with Gasteiger partial charge in [-0.1, -0.05) is 0 Å². The highest BCUT2D eigenvalue weighted by atomic mass is 16.6. The Kier molecular flexibility index (Phi) is 4.19. The number of nitro groups is 1. The summed E-state index contributed by atoms with van der Waals surface area (Å²) >= 11 is 0. The van der Waals surface area contributed by atoms with Crippen molar-refractivity contribution in [1.29, 1.82) is 0 Å². The fraction of sp³-hybridized carbons (Fsp3) is 0.308. The zero-order valence-corrected chi connectivity index (χ0v) is 11.3. The van der Waals surface area contributed by atoms with Crippen molar-refractivity contribution < 1.29 is 9.66 Å². The fourth-order valence-corrected chi connectivity index (χ4v) is 1.85. The lowest BCUT2D eigenvalue weighted by Gasteiger charge is -2.14. The number of hydrogen-bond donors (Lipinski definition) is 2. The van der Waals surface area contributed by atoms with Crippen molar-refractivity contribution in [3.8, 4) is 5.75 Å². The molecule has 2 rings (SSSR count). The van der Waals surface area contributed by atoms with E-state index in [1.165, 1.54) is 12.1 Å². The molecule has 1 heterocycles. The molecule has 0 aliphatic heterocycles. The number of aromatic nitrogens is 2. The summed E-state index contributed by atoms with van der Waals surface area (Å²) in [6.07, 6.45) is 3.48. The molecule has 0 aliphatic carbocycles. The lowest BCUT2D eigenvalue weighted by molar-refractivity contribution is -0.384. The van der Waals surface area contributed by atoms with Gasteiger partial charge in [-0.05, 0) is 13.8 Å². The van der Waals surface area contributed by atoms with Gasteiger partial charge in [-0.25, -0.2) is 0 Å². The number of H-pyrrole nitrogens is 1. The van der Waals surface area contributed by atoms with Gasteiger partial charge in [0.05, 0.1) is 29.8 Å². The minimum Gasteiger partial charge on any atom is -0.494 e. The van der Waals surface area contributed by atoms with Gasteiger partial charge in [-0.15, -0.1) is 0 Å². The number of rotatable bonds is 6. The SMILES string of the molecule is CCOc1cc(NC(C)c2cn[nH]c2)cc([N+](=O)[O-])c1. The first-order valence-corrected chi connectivity index (χ1v) is 6.27. The Morgan fingerprint density at radius 1 is 1.50 bits per heavy atom. The number of nitro benzene ring substituents is 1. The molecule has 0 saturated heterocycles. The normalized spacial score (nSPS) is 11.9. The predicted octanol–water partition coefficient (Wildman–Crippen LogP) is 2.89. The number of anilines is 1. The van der Waals surface area contributed by atoms with Crippen LogP contribution in [-0.2, 0) is 0 Å². The van der Waals surface area contributed by atoms with Gasteiger partial charge < -0.3 is 10.1 Å². The molecular weight excluding hydrogens is 260 g/mol. The highest BCUT2D eigenvalue weighted by molar-refractivity contribution is 5.57. The molecule has 0 aliphatic rings. The Bertz CT molecular complexity index is 583. The minimum atomic E-state index is -0.434. The van der Waals surface area contributed by atoms with Gasteiger partial charge in [0.15, 0.2) is 0 Å². The number of hydrogen-bond acceptors (Lipinski definition) is 5. The standard InChI is InChI=1S/C13H16N4O3/c1-3-20-13-5-11(4-12(6-13)17(18)19)16-9(2)10-7-14-15-8-10/h4-9,16H,3H2,1-2H3,(H,14,15). The molecule has 0 amide bonds. The molecular formula is C13H16N4O3. The molecule has 2 aromatic rings. The molecule has 1 aromatic heterocycles. The molecule has 20 heavy (non-hydrogen) atoms. The van der Waals surface area contributed by atoms with Crippen LogP contribution in [0.2, 0.25) is 0 Å². The summed E-state index contributed by atoms with van der Waals surface area (Å²) in [6.45, 7) is 4.24. The van der Waals surface area contributed by atoms with E-state index in [9.17, 15) is 10.1 Å². The van der Waals surface area contributed by atoms with Crippen LogP contribution in [0.1, 0.15) is 25.5 Å². The monoisotopic (exact) mass is 276 g/mol. The average Bonchev–Trinajstić information content (AvgIpc) is 2.92. The fourth-order valence-electron chi connectivity index (χ4n) is 1.85. The number of nitrogens with one attached hydrogen (secondary N) is 2. The van der Waals surface area contributed by atoms with Crippen LogP contribution in [0.25, 0.3) is 0 Å². The van der Waals surface area contributed by atoms with Crippen LogP contribution in [0, 0.1) is 10.1 Å². The van der Waals surface area contributed by atoms with E-state index in [1.54, 1.807) is 18.5 Å². The largest absolute Gasteiger partial charge is 0.494 e. The van der Waals surface area contributed by atoms with Crippen LogP contribution >= 0.6 is 0 Å².